The molecule has 3 N–H and O–H groups in total. The van der Waals surface area contributed by atoms with Gasteiger partial charge in [-0.15, -0.1) is 0 Å². The molecule has 0 amide bonds. The molecule has 0 saturated heterocycles. The smallest absolute Gasteiger partial charge is 0.126 e. The Labute approximate surface area is 92.1 Å². The number of nitrogens with one attached hydrogen (secondary N) is 1. The van der Waals surface area contributed by atoms with Gasteiger partial charge in [0.2, 0.25) is 0 Å². The predicted octanol–water partition coefficient (Wildman–Crippen LogP) is 2.32. The maximum absolute atomic E-state index is 5.82. The molecule has 0 radical (unpaired) electrons. The fraction of sp³-hybridized carbons (Fsp3) is 0.583. The molecule has 0 aliphatic carbocycles. The minimum atomic E-state index is -0.0116. The second-order valence-electron chi connectivity index (χ2n) is 4.04. The summed E-state index contributed by atoms with van der Waals surface area (Å²) in [6, 6.07) is 4.06. The summed E-state index contributed by atoms with van der Waals surface area (Å²) in [7, 11) is 0. The third-order valence-corrected chi connectivity index (χ3v) is 3.05. The van der Waals surface area contributed by atoms with Gasteiger partial charge < -0.3 is 11.1 Å². The molecular weight excluding hydrogens is 186 g/mol. The van der Waals surface area contributed by atoms with Crippen LogP contribution in [0.1, 0.15) is 32.3 Å². The minimum Gasteiger partial charge on any atom is -0.363 e. The van der Waals surface area contributed by atoms with Crippen molar-refractivity contribution in [1.82, 2.24) is 4.98 Å². The number of hydrogen-bond donors (Lipinski definition) is 2. The second kappa shape index (κ2) is 5.12. The summed E-state index contributed by atoms with van der Waals surface area (Å²) in [6.07, 6.45) is 3.89. The van der Waals surface area contributed by atoms with E-state index in [2.05, 4.69) is 30.2 Å². The highest BCUT2D eigenvalue weighted by atomic mass is 15.1. The molecule has 3 nitrogen and oxygen atoms in total. The molecule has 1 rings (SSSR count). The molecule has 0 fully saturated rings. The molecule has 1 heterocycles. The van der Waals surface area contributed by atoms with Gasteiger partial charge >= 0.3 is 0 Å². The number of pyridine rings is 1. The highest BCUT2D eigenvalue weighted by Gasteiger charge is 2.23. The number of nitrogens with two attached hydrogens (primary N) is 1. The van der Waals surface area contributed by atoms with E-state index in [-0.39, 0.29) is 5.54 Å². The molecule has 15 heavy (non-hydrogen) atoms. The summed E-state index contributed by atoms with van der Waals surface area (Å²) in [6.45, 7) is 6.97. The molecule has 0 bridgehead atoms. The van der Waals surface area contributed by atoms with E-state index >= 15 is 0 Å². The van der Waals surface area contributed by atoms with Gasteiger partial charge in [0.15, 0.2) is 0 Å². The molecule has 0 aliphatic rings. The van der Waals surface area contributed by atoms with E-state index in [1.165, 1.54) is 5.56 Å². The van der Waals surface area contributed by atoms with Crippen molar-refractivity contribution in [3.05, 3.63) is 23.9 Å². The van der Waals surface area contributed by atoms with Crippen LogP contribution in [0.25, 0.3) is 0 Å². The van der Waals surface area contributed by atoms with Crippen LogP contribution in [0.5, 0.6) is 0 Å². The number of nitrogens with zero attached hydrogens (tertiary/aromatic N) is 1. The Morgan fingerprint density at radius 2 is 2.00 bits per heavy atom. The van der Waals surface area contributed by atoms with Crippen molar-refractivity contribution >= 4 is 5.82 Å². The summed E-state index contributed by atoms with van der Waals surface area (Å²) in [5.74, 6) is 0.912. The number of hydrogen-bond acceptors (Lipinski definition) is 3. The second-order valence-corrected chi connectivity index (χ2v) is 4.04. The van der Waals surface area contributed by atoms with E-state index in [0.29, 0.717) is 6.54 Å². The Bertz CT molecular complexity index is 280. The lowest BCUT2D eigenvalue weighted by Crippen LogP contribution is -2.44. The first kappa shape index (κ1) is 12.0. The Balaban J connectivity index is 2.78. The first-order valence-electron chi connectivity index (χ1n) is 5.56. The van der Waals surface area contributed by atoms with Crippen LogP contribution in [0.15, 0.2) is 18.3 Å². The first-order chi connectivity index (χ1) is 7.15. The lowest BCUT2D eigenvalue weighted by atomic mass is 9.93. The predicted molar refractivity (Wildman–Crippen MR) is 65.0 cm³/mol. The zero-order chi connectivity index (χ0) is 11.3. The number of anilines is 1. The number of aryl methyl sites for hydroxylation is 1. The molecule has 0 unspecified atom stereocenters. The van der Waals surface area contributed by atoms with Crippen molar-refractivity contribution in [2.75, 3.05) is 11.9 Å². The van der Waals surface area contributed by atoms with Crippen LogP contribution in [0, 0.1) is 6.92 Å². The largest absolute Gasteiger partial charge is 0.363 e. The topological polar surface area (TPSA) is 50.9 Å². The molecule has 0 saturated carbocycles. The Morgan fingerprint density at radius 3 is 2.40 bits per heavy atom. The van der Waals surface area contributed by atoms with Crippen LogP contribution < -0.4 is 11.1 Å². The molecule has 3 heteroatoms. The zero-order valence-corrected chi connectivity index (χ0v) is 9.88. The monoisotopic (exact) mass is 207 g/mol. The number of aromatic nitrogens is 1. The Kier molecular flexibility index (Phi) is 4.09. The van der Waals surface area contributed by atoms with Crippen LogP contribution in [-0.2, 0) is 0 Å². The molecule has 0 aliphatic heterocycles. The average molecular weight is 207 g/mol. The van der Waals surface area contributed by atoms with E-state index in [4.69, 9.17) is 5.73 Å². The average Bonchev–Trinajstić information content (AvgIpc) is 2.29. The van der Waals surface area contributed by atoms with Gasteiger partial charge in [0.1, 0.15) is 5.82 Å². The van der Waals surface area contributed by atoms with Crippen molar-refractivity contribution in [2.45, 2.75) is 39.2 Å². The van der Waals surface area contributed by atoms with Gasteiger partial charge in [0.05, 0.1) is 5.54 Å². The molecule has 84 valence electrons. The highest BCUT2D eigenvalue weighted by Crippen LogP contribution is 2.19. The van der Waals surface area contributed by atoms with Crippen LogP contribution in [0.2, 0.25) is 0 Å². The van der Waals surface area contributed by atoms with Gasteiger partial charge in [-0.05, 0) is 31.4 Å². The number of rotatable bonds is 5. The van der Waals surface area contributed by atoms with Gasteiger partial charge in [-0.1, -0.05) is 19.9 Å². The summed E-state index contributed by atoms with van der Waals surface area (Å²) in [5, 5.41) is 3.43. The van der Waals surface area contributed by atoms with Gasteiger partial charge in [-0.2, -0.15) is 0 Å². The third kappa shape index (κ3) is 2.93. The summed E-state index contributed by atoms with van der Waals surface area (Å²) in [4.78, 5) is 4.34. The quantitative estimate of drug-likeness (QED) is 0.779. The summed E-state index contributed by atoms with van der Waals surface area (Å²) < 4.78 is 0. The van der Waals surface area contributed by atoms with Crippen LogP contribution in [-0.4, -0.2) is 17.1 Å². The van der Waals surface area contributed by atoms with Crippen molar-refractivity contribution in [1.29, 1.82) is 0 Å². The zero-order valence-electron chi connectivity index (χ0n) is 9.88. The molecule has 0 aromatic carbocycles. The van der Waals surface area contributed by atoms with Gasteiger partial charge in [0, 0.05) is 12.7 Å². The SMILES string of the molecule is CCC(CC)(CN)Nc1ccc(C)cn1. The summed E-state index contributed by atoms with van der Waals surface area (Å²) in [5.41, 5.74) is 6.98. The van der Waals surface area contributed by atoms with Crippen molar-refractivity contribution < 1.29 is 0 Å². The van der Waals surface area contributed by atoms with Gasteiger partial charge in [-0.25, -0.2) is 4.98 Å². The van der Waals surface area contributed by atoms with Crippen molar-refractivity contribution in [3.63, 3.8) is 0 Å². The van der Waals surface area contributed by atoms with E-state index in [1.54, 1.807) is 0 Å². The van der Waals surface area contributed by atoms with Gasteiger partial charge in [0.25, 0.3) is 0 Å². The fourth-order valence-corrected chi connectivity index (χ4v) is 1.58. The first-order valence-corrected chi connectivity index (χ1v) is 5.56. The van der Waals surface area contributed by atoms with Crippen LogP contribution in [0.4, 0.5) is 5.82 Å². The Morgan fingerprint density at radius 1 is 1.33 bits per heavy atom. The minimum absolute atomic E-state index is 0.0116. The van der Waals surface area contributed by atoms with E-state index in [9.17, 15) is 0 Å². The maximum atomic E-state index is 5.82. The van der Waals surface area contributed by atoms with E-state index in [0.717, 1.165) is 18.7 Å². The van der Waals surface area contributed by atoms with Crippen molar-refractivity contribution in [3.8, 4) is 0 Å². The third-order valence-electron chi connectivity index (χ3n) is 3.05. The highest BCUT2D eigenvalue weighted by molar-refractivity contribution is 5.38. The normalized spacial score (nSPS) is 11.5. The molecule has 1 aromatic rings. The lowest BCUT2D eigenvalue weighted by Gasteiger charge is -2.32. The molecular formula is C12H21N3. The summed E-state index contributed by atoms with van der Waals surface area (Å²) >= 11 is 0. The van der Waals surface area contributed by atoms with Crippen LogP contribution in [0.3, 0.4) is 0 Å². The molecule has 0 spiro atoms. The maximum Gasteiger partial charge on any atom is 0.126 e. The molecule has 1 aromatic heterocycles. The molecule has 0 atom stereocenters. The van der Waals surface area contributed by atoms with E-state index in [1.807, 2.05) is 19.2 Å². The standard InChI is InChI=1S/C12H21N3/c1-4-12(5-2,9-13)15-11-7-6-10(3)8-14-11/h6-8H,4-5,9,13H2,1-3H3,(H,14,15). The van der Waals surface area contributed by atoms with Crippen molar-refractivity contribution in [2.24, 2.45) is 5.73 Å². The van der Waals surface area contributed by atoms with Gasteiger partial charge in [-0.3, -0.25) is 0 Å². The van der Waals surface area contributed by atoms with Crippen LogP contribution >= 0.6 is 0 Å². The Hall–Kier alpha value is -1.09. The van der Waals surface area contributed by atoms with E-state index < -0.39 is 0 Å². The lowest BCUT2D eigenvalue weighted by molar-refractivity contribution is 0.444. The fourth-order valence-electron chi connectivity index (χ4n) is 1.58.